The largest absolute Gasteiger partial charge is 0.355 e. The zero-order valence-electron chi connectivity index (χ0n) is 22.1. The second-order valence-corrected chi connectivity index (χ2v) is 11.2. The molecular formula is C29H34ClN3O4S. The molecule has 0 saturated heterocycles. The molecule has 0 aliphatic rings. The first-order chi connectivity index (χ1) is 18.1. The van der Waals surface area contributed by atoms with Gasteiger partial charge in [0.25, 0.3) is 10.0 Å². The average Bonchev–Trinajstić information content (AvgIpc) is 2.90. The van der Waals surface area contributed by atoms with E-state index in [0.29, 0.717) is 29.2 Å². The lowest BCUT2D eigenvalue weighted by molar-refractivity contribution is -0.140. The maximum absolute atomic E-state index is 14.0. The first kappa shape index (κ1) is 29.2. The van der Waals surface area contributed by atoms with Crippen LogP contribution in [0.25, 0.3) is 0 Å². The minimum atomic E-state index is -4.14. The third-order valence-electron chi connectivity index (χ3n) is 6.46. The SMILES string of the molecule is CCNC(=O)[C@H](CC)N(Cc1ccccc1C)C(=O)CN(c1cccc(Cl)c1C)S(=O)(=O)c1ccccc1. The zero-order valence-corrected chi connectivity index (χ0v) is 23.7. The molecule has 0 unspecified atom stereocenters. The van der Waals surface area contributed by atoms with E-state index in [2.05, 4.69) is 5.32 Å². The third kappa shape index (κ3) is 6.55. The zero-order chi connectivity index (χ0) is 27.9. The second-order valence-electron chi connectivity index (χ2n) is 8.98. The molecule has 0 aliphatic heterocycles. The van der Waals surface area contributed by atoms with E-state index in [9.17, 15) is 18.0 Å². The van der Waals surface area contributed by atoms with Crippen molar-refractivity contribution >= 4 is 39.1 Å². The lowest BCUT2D eigenvalue weighted by Gasteiger charge is -2.34. The molecule has 0 bridgehead atoms. The number of hydrogen-bond acceptors (Lipinski definition) is 4. The van der Waals surface area contributed by atoms with Gasteiger partial charge in [-0.25, -0.2) is 8.42 Å². The van der Waals surface area contributed by atoms with Crippen molar-refractivity contribution in [3.05, 3.63) is 94.5 Å². The van der Waals surface area contributed by atoms with Crippen molar-refractivity contribution in [1.82, 2.24) is 10.2 Å². The Balaban J connectivity index is 2.11. The Kier molecular flexibility index (Phi) is 9.94. The van der Waals surface area contributed by atoms with E-state index in [1.54, 1.807) is 43.3 Å². The Bertz CT molecular complexity index is 1380. The Morgan fingerprint density at radius 3 is 2.21 bits per heavy atom. The van der Waals surface area contributed by atoms with Crippen LogP contribution in [0.15, 0.2) is 77.7 Å². The van der Waals surface area contributed by atoms with Crippen molar-refractivity contribution in [2.45, 2.75) is 51.6 Å². The van der Waals surface area contributed by atoms with E-state index in [-0.39, 0.29) is 17.3 Å². The number of likely N-dealkylation sites (N-methyl/N-ethyl adjacent to an activating group) is 1. The summed E-state index contributed by atoms with van der Waals surface area (Å²) in [6.07, 6.45) is 0.366. The number of nitrogens with one attached hydrogen (secondary N) is 1. The molecule has 3 rings (SSSR count). The number of anilines is 1. The Labute approximate surface area is 230 Å². The number of aryl methyl sites for hydroxylation is 1. The highest BCUT2D eigenvalue weighted by molar-refractivity contribution is 7.92. The standard InChI is InChI=1S/C29H34ClN3O4S/c1-5-26(29(35)31-6-2)32(19-23-14-11-10-13-21(23)3)28(34)20-33(27-18-12-17-25(30)22(27)4)38(36,37)24-15-8-7-9-16-24/h7-18,26H,5-6,19-20H2,1-4H3,(H,31,35)/t26-/m0/s1. The van der Waals surface area contributed by atoms with Crippen LogP contribution in [0, 0.1) is 13.8 Å². The highest BCUT2D eigenvalue weighted by Gasteiger charge is 2.34. The maximum atomic E-state index is 14.0. The van der Waals surface area contributed by atoms with Gasteiger partial charge in [-0.05, 0) is 68.1 Å². The fraction of sp³-hybridized carbons (Fsp3) is 0.310. The number of amides is 2. The Morgan fingerprint density at radius 1 is 0.921 bits per heavy atom. The van der Waals surface area contributed by atoms with Crippen molar-refractivity contribution in [1.29, 1.82) is 0 Å². The van der Waals surface area contributed by atoms with Crippen molar-refractivity contribution in [2.75, 3.05) is 17.4 Å². The number of halogens is 1. The number of sulfonamides is 1. The predicted molar refractivity (Wildman–Crippen MR) is 152 cm³/mol. The number of nitrogens with zero attached hydrogens (tertiary/aromatic N) is 2. The summed E-state index contributed by atoms with van der Waals surface area (Å²) < 4.78 is 28.8. The van der Waals surface area contributed by atoms with Crippen LogP contribution in [0.1, 0.15) is 37.0 Å². The molecule has 1 atom stereocenters. The van der Waals surface area contributed by atoms with Crippen LogP contribution in [0.2, 0.25) is 5.02 Å². The number of benzene rings is 3. The average molecular weight is 556 g/mol. The van der Waals surface area contributed by atoms with E-state index in [4.69, 9.17) is 11.6 Å². The van der Waals surface area contributed by atoms with Gasteiger partial charge < -0.3 is 10.2 Å². The molecule has 38 heavy (non-hydrogen) atoms. The third-order valence-corrected chi connectivity index (χ3v) is 8.64. The lowest BCUT2D eigenvalue weighted by Crippen LogP contribution is -2.52. The van der Waals surface area contributed by atoms with Crippen LogP contribution in [-0.2, 0) is 26.2 Å². The van der Waals surface area contributed by atoms with E-state index in [0.717, 1.165) is 15.4 Å². The van der Waals surface area contributed by atoms with Gasteiger partial charge in [0.15, 0.2) is 0 Å². The van der Waals surface area contributed by atoms with Crippen LogP contribution in [0.4, 0.5) is 5.69 Å². The van der Waals surface area contributed by atoms with E-state index < -0.39 is 28.5 Å². The van der Waals surface area contributed by atoms with Crippen LogP contribution in [-0.4, -0.2) is 44.3 Å². The Hall–Kier alpha value is -3.36. The molecular weight excluding hydrogens is 522 g/mol. The molecule has 1 N–H and O–H groups in total. The van der Waals surface area contributed by atoms with Gasteiger partial charge in [-0.2, -0.15) is 0 Å². The van der Waals surface area contributed by atoms with Crippen molar-refractivity contribution in [3.8, 4) is 0 Å². The molecule has 0 radical (unpaired) electrons. The predicted octanol–water partition coefficient (Wildman–Crippen LogP) is 5.10. The van der Waals surface area contributed by atoms with Gasteiger partial charge >= 0.3 is 0 Å². The summed E-state index contributed by atoms with van der Waals surface area (Å²) in [5, 5.41) is 3.19. The van der Waals surface area contributed by atoms with Crippen molar-refractivity contribution in [2.24, 2.45) is 0 Å². The Morgan fingerprint density at radius 2 is 1.58 bits per heavy atom. The van der Waals surface area contributed by atoms with Gasteiger partial charge in [0, 0.05) is 18.1 Å². The van der Waals surface area contributed by atoms with Crippen LogP contribution >= 0.6 is 11.6 Å². The molecule has 0 heterocycles. The van der Waals surface area contributed by atoms with E-state index in [1.165, 1.54) is 17.0 Å². The minimum absolute atomic E-state index is 0.0494. The number of rotatable bonds is 11. The quantitative estimate of drug-likeness (QED) is 0.357. The lowest BCUT2D eigenvalue weighted by atomic mass is 10.1. The first-order valence-corrected chi connectivity index (χ1v) is 14.4. The fourth-order valence-electron chi connectivity index (χ4n) is 4.28. The second kappa shape index (κ2) is 12.9. The molecule has 202 valence electrons. The highest BCUT2D eigenvalue weighted by atomic mass is 35.5. The van der Waals surface area contributed by atoms with Crippen LogP contribution < -0.4 is 9.62 Å². The van der Waals surface area contributed by atoms with Gasteiger partial charge in [-0.3, -0.25) is 13.9 Å². The normalized spacial score (nSPS) is 12.0. The van der Waals surface area contributed by atoms with Crippen molar-refractivity contribution < 1.29 is 18.0 Å². The summed E-state index contributed by atoms with van der Waals surface area (Å²) in [6, 6.07) is 19.7. The molecule has 3 aromatic rings. The van der Waals surface area contributed by atoms with Crippen LogP contribution in [0.3, 0.4) is 0 Å². The summed E-state index contributed by atoms with van der Waals surface area (Å²) >= 11 is 6.36. The monoisotopic (exact) mass is 555 g/mol. The van der Waals surface area contributed by atoms with Gasteiger partial charge in [0.2, 0.25) is 11.8 Å². The summed E-state index contributed by atoms with van der Waals surface area (Å²) in [7, 11) is -4.14. The number of hydrogen-bond donors (Lipinski definition) is 1. The van der Waals surface area contributed by atoms with E-state index in [1.807, 2.05) is 45.0 Å². The molecule has 9 heteroatoms. The topological polar surface area (TPSA) is 86.8 Å². The molecule has 0 saturated carbocycles. The fourth-order valence-corrected chi connectivity index (χ4v) is 5.94. The number of carbonyl (C=O) groups excluding carboxylic acids is 2. The highest BCUT2D eigenvalue weighted by Crippen LogP contribution is 2.31. The van der Waals surface area contributed by atoms with Crippen molar-refractivity contribution in [3.63, 3.8) is 0 Å². The van der Waals surface area contributed by atoms with Gasteiger partial charge in [-0.15, -0.1) is 0 Å². The molecule has 0 fully saturated rings. The van der Waals surface area contributed by atoms with E-state index >= 15 is 0 Å². The van der Waals surface area contributed by atoms with Crippen LogP contribution in [0.5, 0.6) is 0 Å². The first-order valence-electron chi connectivity index (χ1n) is 12.6. The molecule has 0 spiro atoms. The molecule has 3 aromatic carbocycles. The molecule has 2 amide bonds. The smallest absolute Gasteiger partial charge is 0.264 e. The molecule has 0 aromatic heterocycles. The van der Waals surface area contributed by atoms with Gasteiger partial charge in [-0.1, -0.05) is 67.1 Å². The number of carbonyl (C=O) groups is 2. The molecule has 7 nitrogen and oxygen atoms in total. The molecule has 0 aliphatic carbocycles. The summed E-state index contributed by atoms with van der Waals surface area (Å²) in [5.74, 6) is -0.779. The summed E-state index contributed by atoms with van der Waals surface area (Å²) in [4.78, 5) is 28.6. The summed E-state index contributed by atoms with van der Waals surface area (Å²) in [5.41, 5.74) is 2.68. The summed E-state index contributed by atoms with van der Waals surface area (Å²) in [6.45, 7) is 7.37. The van der Waals surface area contributed by atoms with Gasteiger partial charge in [0.05, 0.1) is 10.6 Å². The maximum Gasteiger partial charge on any atom is 0.264 e. The minimum Gasteiger partial charge on any atom is -0.355 e. The van der Waals surface area contributed by atoms with Gasteiger partial charge in [0.1, 0.15) is 12.6 Å².